The van der Waals surface area contributed by atoms with Gasteiger partial charge in [0, 0.05) is 0 Å². The Kier molecular flexibility index (Phi) is 1.60. The maximum atomic E-state index is 11.2. The second kappa shape index (κ2) is 2.28. The van der Waals surface area contributed by atoms with Crippen LogP contribution in [-0.2, 0) is 9.53 Å². The van der Waals surface area contributed by atoms with E-state index in [9.17, 15) is 4.79 Å². The number of ketones is 1. The molecular weight excluding hydrogens is 276 g/mol. The zero-order valence-electron chi connectivity index (χ0n) is 5.43. The van der Waals surface area contributed by atoms with Crippen LogP contribution < -0.4 is 0 Å². The molecule has 1 aliphatic carbocycles. The Morgan fingerprint density at radius 1 is 1.36 bits per heavy atom. The van der Waals surface area contributed by atoms with Gasteiger partial charge >= 0.3 is 0 Å². The monoisotopic (exact) mass is 278 g/mol. The lowest BCUT2D eigenvalue weighted by Gasteiger charge is -2.08. The molecule has 1 fully saturated rings. The number of halogens is 2. The highest BCUT2D eigenvalue weighted by Gasteiger charge is 2.44. The van der Waals surface area contributed by atoms with Gasteiger partial charge in [0.2, 0.25) is 5.78 Å². The molecular formula is C7H4Br2O2. The minimum atomic E-state index is -0.286. The highest BCUT2D eigenvalue weighted by Crippen LogP contribution is 2.39. The Hall–Kier alpha value is 0.0700. The molecule has 2 aliphatic rings. The molecule has 0 bridgehead atoms. The maximum absolute atomic E-state index is 11.2. The normalized spacial score (nSPS) is 26.5. The van der Waals surface area contributed by atoms with Gasteiger partial charge in [0.1, 0.15) is 5.60 Å². The highest BCUT2D eigenvalue weighted by atomic mass is 79.9. The van der Waals surface area contributed by atoms with E-state index in [4.69, 9.17) is 4.74 Å². The zero-order valence-corrected chi connectivity index (χ0v) is 8.61. The molecule has 0 N–H and O–H groups in total. The van der Waals surface area contributed by atoms with Crippen LogP contribution >= 0.6 is 31.9 Å². The molecule has 58 valence electrons. The average molecular weight is 280 g/mol. The van der Waals surface area contributed by atoms with Crippen molar-refractivity contribution in [1.82, 2.24) is 0 Å². The third kappa shape index (κ3) is 1.23. The number of rotatable bonds is 0. The van der Waals surface area contributed by atoms with E-state index in [0.717, 1.165) is 0 Å². The molecule has 0 aromatic carbocycles. The van der Waals surface area contributed by atoms with Crippen LogP contribution in [0.15, 0.2) is 21.1 Å². The second-order valence-corrected chi connectivity index (χ2v) is 4.27. The van der Waals surface area contributed by atoms with Crippen LogP contribution in [0.3, 0.4) is 0 Å². The first-order valence-electron chi connectivity index (χ1n) is 3.08. The van der Waals surface area contributed by atoms with Gasteiger partial charge in [-0.1, -0.05) is 0 Å². The molecule has 0 unspecified atom stereocenters. The summed E-state index contributed by atoms with van der Waals surface area (Å²) in [5.41, 5.74) is -0.286. The molecule has 0 saturated carbocycles. The van der Waals surface area contributed by atoms with Crippen molar-refractivity contribution in [2.24, 2.45) is 0 Å². The number of ether oxygens (including phenoxy) is 1. The topological polar surface area (TPSA) is 29.6 Å². The fourth-order valence-electron chi connectivity index (χ4n) is 0.966. The largest absolute Gasteiger partial charge is 0.361 e. The molecule has 4 heteroatoms. The van der Waals surface area contributed by atoms with Crippen molar-refractivity contribution >= 4 is 37.6 Å². The van der Waals surface area contributed by atoms with Gasteiger partial charge in [0.05, 0.1) is 15.6 Å². The van der Waals surface area contributed by atoms with Crippen molar-refractivity contribution in [3.8, 4) is 0 Å². The molecule has 0 atom stereocenters. The smallest absolute Gasteiger partial charge is 0.206 e. The highest BCUT2D eigenvalue weighted by molar-refractivity contribution is 9.13. The molecule has 0 amide bonds. The molecule has 1 spiro atoms. The summed E-state index contributed by atoms with van der Waals surface area (Å²) in [5, 5.41) is 0. The third-order valence-corrected chi connectivity index (χ3v) is 2.83. The number of hydrogen-bond acceptors (Lipinski definition) is 2. The lowest BCUT2D eigenvalue weighted by atomic mass is 10.0. The number of carbonyl (C=O) groups is 1. The van der Waals surface area contributed by atoms with E-state index in [-0.39, 0.29) is 11.4 Å². The molecule has 0 aromatic heterocycles. The number of allylic oxidation sites excluding steroid dienone is 2. The van der Waals surface area contributed by atoms with Crippen LogP contribution in [0.4, 0.5) is 0 Å². The summed E-state index contributed by atoms with van der Waals surface area (Å²) < 4.78 is 6.31. The van der Waals surface area contributed by atoms with Crippen LogP contribution in [0.1, 0.15) is 0 Å². The van der Waals surface area contributed by atoms with E-state index in [2.05, 4.69) is 31.9 Å². The molecule has 2 nitrogen and oxygen atoms in total. The van der Waals surface area contributed by atoms with E-state index in [1.807, 2.05) is 0 Å². The summed E-state index contributed by atoms with van der Waals surface area (Å²) in [6.07, 6.45) is 3.58. The molecule has 1 heterocycles. The molecule has 1 saturated heterocycles. The van der Waals surface area contributed by atoms with Gasteiger partial charge < -0.3 is 4.74 Å². The lowest BCUT2D eigenvalue weighted by Crippen LogP contribution is -2.13. The third-order valence-electron chi connectivity index (χ3n) is 1.65. The molecule has 0 radical (unpaired) electrons. The van der Waals surface area contributed by atoms with Crippen LogP contribution in [0.5, 0.6) is 0 Å². The van der Waals surface area contributed by atoms with Crippen LogP contribution in [0.2, 0.25) is 0 Å². The SMILES string of the molecule is O=C1C(Br)=CC2(C=C1Br)CO2. The van der Waals surface area contributed by atoms with Gasteiger partial charge in [-0.15, -0.1) is 0 Å². The first kappa shape index (κ1) is 7.71. The first-order valence-corrected chi connectivity index (χ1v) is 4.67. The summed E-state index contributed by atoms with van der Waals surface area (Å²) in [6.45, 7) is 0.671. The second-order valence-electron chi connectivity index (χ2n) is 2.56. The fraction of sp³-hybridized carbons (Fsp3) is 0.286. The van der Waals surface area contributed by atoms with Crippen molar-refractivity contribution in [3.05, 3.63) is 21.1 Å². The van der Waals surface area contributed by atoms with Gasteiger partial charge in [-0.2, -0.15) is 0 Å². The average Bonchev–Trinajstić information content (AvgIpc) is 2.65. The van der Waals surface area contributed by atoms with Crippen LogP contribution in [0.25, 0.3) is 0 Å². The van der Waals surface area contributed by atoms with Gasteiger partial charge in [-0.3, -0.25) is 4.79 Å². The predicted octanol–water partition coefficient (Wildman–Crippen LogP) is 1.90. The zero-order chi connectivity index (χ0) is 8.06. The minimum absolute atomic E-state index is 0.0221. The Balaban J connectivity index is 2.40. The molecule has 11 heavy (non-hydrogen) atoms. The Labute approximate surface area is 80.5 Å². The van der Waals surface area contributed by atoms with Crippen LogP contribution in [0, 0.1) is 0 Å². The summed E-state index contributed by atoms with van der Waals surface area (Å²) in [6, 6.07) is 0. The molecule has 0 aromatic rings. The number of epoxide rings is 1. The summed E-state index contributed by atoms with van der Waals surface area (Å²) >= 11 is 6.34. The Morgan fingerprint density at radius 3 is 2.18 bits per heavy atom. The summed E-state index contributed by atoms with van der Waals surface area (Å²) in [7, 11) is 0. The standard InChI is InChI=1S/C7H4Br2O2/c8-4-1-7(3-11-7)2-5(9)6(4)10/h1-2H,3H2. The van der Waals surface area contributed by atoms with Gasteiger partial charge in [-0.05, 0) is 44.0 Å². The maximum Gasteiger partial charge on any atom is 0.206 e. The van der Waals surface area contributed by atoms with Gasteiger partial charge in [-0.25, -0.2) is 0 Å². The summed E-state index contributed by atoms with van der Waals surface area (Å²) in [4.78, 5) is 11.2. The summed E-state index contributed by atoms with van der Waals surface area (Å²) in [5.74, 6) is -0.0221. The van der Waals surface area contributed by atoms with Crippen molar-refractivity contribution in [3.63, 3.8) is 0 Å². The van der Waals surface area contributed by atoms with Crippen molar-refractivity contribution in [2.75, 3.05) is 6.61 Å². The molecule has 2 rings (SSSR count). The fourth-order valence-corrected chi connectivity index (χ4v) is 2.43. The van der Waals surface area contributed by atoms with E-state index >= 15 is 0 Å². The van der Waals surface area contributed by atoms with Crippen molar-refractivity contribution in [1.29, 1.82) is 0 Å². The van der Waals surface area contributed by atoms with Crippen LogP contribution in [-0.4, -0.2) is 18.0 Å². The van der Waals surface area contributed by atoms with Gasteiger partial charge in [0.15, 0.2) is 0 Å². The molecule has 1 aliphatic heterocycles. The van der Waals surface area contributed by atoms with E-state index in [1.165, 1.54) is 0 Å². The number of carbonyl (C=O) groups excluding carboxylic acids is 1. The Bertz CT molecular complexity index is 263. The van der Waals surface area contributed by atoms with Gasteiger partial charge in [0.25, 0.3) is 0 Å². The lowest BCUT2D eigenvalue weighted by molar-refractivity contribution is -0.111. The van der Waals surface area contributed by atoms with Crippen molar-refractivity contribution in [2.45, 2.75) is 5.60 Å². The minimum Gasteiger partial charge on any atom is -0.361 e. The van der Waals surface area contributed by atoms with Crippen molar-refractivity contribution < 1.29 is 9.53 Å². The van der Waals surface area contributed by atoms with E-state index in [1.54, 1.807) is 12.2 Å². The Morgan fingerprint density at radius 2 is 1.82 bits per heavy atom. The number of hydrogen-bond donors (Lipinski definition) is 0. The number of Topliss-reactive ketones (excluding diaryl/α,β-unsaturated/α-hetero) is 1. The first-order chi connectivity index (χ1) is 5.13. The van der Waals surface area contributed by atoms with E-state index < -0.39 is 0 Å². The quantitative estimate of drug-likeness (QED) is 0.634. The predicted molar refractivity (Wildman–Crippen MR) is 47.7 cm³/mol. The van der Waals surface area contributed by atoms with E-state index in [0.29, 0.717) is 15.6 Å².